The largest absolute Gasteiger partial charge is 0.316 e. The van der Waals surface area contributed by atoms with Gasteiger partial charge in [-0.25, -0.2) is 0 Å². The molecule has 1 atom stereocenters. The van der Waals surface area contributed by atoms with Crippen LogP contribution >= 0.6 is 0 Å². The molecular formula is C11H22N2. The van der Waals surface area contributed by atoms with Crippen LogP contribution in [0.25, 0.3) is 0 Å². The molecule has 2 nitrogen and oxygen atoms in total. The Morgan fingerprint density at radius 3 is 3.00 bits per heavy atom. The van der Waals surface area contributed by atoms with Crippen molar-refractivity contribution in [3.63, 3.8) is 0 Å². The lowest BCUT2D eigenvalue weighted by molar-refractivity contribution is 0.209. The molecule has 1 unspecified atom stereocenters. The molecular weight excluding hydrogens is 160 g/mol. The Hall–Kier alpha value is -0.340. The minimum absolute atomic E-state index is 0.847. The molecule has 0 saturated carbocycles. The first-order chi connectivity index (χ1) is 6.22. The van der Waals surface area contributed by atoms with Gasteiger partial charge in [-0.3, -0.25) is 0 Å². The second-order valence-corrected chi connectivity index (χ2v) is 4.25. The maximum Gasteiger partial charge on any atom is 0.0159 e. The van der Waals surface area contributed by atoms with Crippen LogP contribution in [0.15, 0.2) is 12.2 Å². The van der Waals surface area contributed by atoms with Crippen LogP contribution in [0.2, 0.25) is 0 Å². The molecule has 0 amide bonds. The zero-order chi connectivity index (χ0) is 9.68. The van der Waals surface area contributed by atoms with E-state index in [0.29, 0.717) is 0 Å². The molecule has 1 aliphatic rings. The van der Waals surface area contributed by atoms with Crippen LogP contribution in [0, 0.1) is 5.92 Å². The summed E-state index contributed by atoms with van der Waals surface area (Å²) in [6.07, 6.45) is 3.94. The highest BCUT2D eigenvalue weighted by molar-refractivity contribution is 4.98. The molecule has 1 heterocycles. The minimum Gasteiger partial charge on any atom is -0.316 e. The van der Waals surface area contributed by atoms with Gasteiger partial charge >= 0.3 is 0 Å². The second-order valence-electron chi connectivity index (χ2n) is 4.25. The number of likely N-dealkylation sites (tertiary alicyclic amines) is 1. The number of hydrogen-bond donors (Lipinski definition) is 1. The van der Waals surface area contributed by atoms with E-state index >= 15 is 0 Å². The minimum atomic E-state index is 0.847. The first-order valence-corrected chi connectivity index (χ1v) is 5.22. The van der Waals surface area contributed by atoms with Gasteiger partial charge in [0.25, 0.3) is 0 Å². The van der Waals surface area contributed by atoms with Crippen LogP contribution < -0.4 is 5.32 Å². The van der Waals surface area contributed by atoms with Crippen LogP contribution in [0.1, 0.15) is 19.3 Å². The summed E-state index contributed by atoms with van der Waals surface area (Å²) in [5.41, 5.74) is 1.35. The summed E-state index contributed by atoms with van der Waals surface area (Å²) < 4.78 is 0. The number of piperidine rings is 1. The Kier molecular flexibility index (Phi) is 4.46. The van der Waals surface area contributed by atoms with Crippen molar-refractivity contribution in [1.29, 1.82) is 0 Å². The standard InChI is InChI=1S/C11H22N2/c1-10(8-12-2)7-11-5-4-6-13(3)9-11/h11-12H,1,4-9H2,2-3H3. The smallest absolute Gasteiger partial charge is 0.0159 e. The zero-order valence-corrected chi connectivity index (χ0v) is 8.97. The zero-order valence-electron chi connectivity index (χ0n) is 8.97. The lowest BCUT2D eigenvalue weighted by Crippen LogP contribution is -2.32. The number of likely N-dealkylation sites (N-methyl/N-ethyl adjacent to an activating group) is 1. The van der Waals surface area contributed by atoms with E-state index in [9.17, 15) is 0 Å². The molecule has 1 aliphatic heterocycles. The summed E-state index contributed by atoms with van der Waals surface area (Å²) in [4.78, 5) is 2.43. The van der Waals surface area contributed by atoms with Gasteiger partial charge in [0.05, 0.1) is 0 Å². The van der Waals surface area contributed by atoms with Gasteiger partial charge in [-0.2, -0.15) is 0 Å². The van der Waals surface area contributed by atoms with E-state index in [0.717, 1.165) is 12.5 Å². The summed E-state index contributed by atoms with van der Waals surface area (Å²) in [5.74, 6) is 0.847. The van der Waals surface area contributed by atoms with Gasteiger partial charge in [-0.15, -0.1) is 0 Å². The van der Waals surface area contributed by atoms with Crippen LogP contribution in [0.4, 0.5) is 0 Å². The average Bonchev–Trinajstić information content (AvgIpc) is 2.04. The third-order valence-electron chi connectivity index (χ3n) is 2.73. The maximum absolute atomic E-state index is 4.08. The Labute approximate surface area is 82.0 Å². The molecule has 1 fully saturated rings. The fourth-order valence-electron chi connectivity index (χ4n) is 2.17. The van der Waals surface area contributed by atoms with Gasteiger partial charge in [-0.05, 0) is 45.8 Å². The monoisotopic (exact) mass is 182 g/mol. The van der Waals surface area contributed by atoms with Gasteiger partial charge in [0.1, 0.15) is 0 Å². The average molecular weight is 182 g/mol. The lowest BCUT2D eigenvalue weighted by Gasteiger charge is -2.30. The maximum atomic E-state index is 4.08. The van der Waals surface area contributed by atoms with E-state index in [1.165, 1.54) is 37.9 Å². The van der Waals surface area contributed by atoms with Crippen molar-refractivity contribution in [2.24, 2.45) is 5.92 Å². The van der Waals surface area contributed by atoms with Crippen molar-refractivity contribution in [3.05, 3.63) is 12.2 Å². The van der Waals surface area contributed by atoms with Crippen LogP contribution in [-0.2, 0) is 0 Å². The van der Waals surface area contributed by atoms with Crippen LogP contribution in [0.3, 0.4) is 0 Å². The predicted molar refractivity (Wildman–Crippen MR) is 57.9 cm³/mol. The van der Waals surface area contributed by atoms with E-state index < -0.39 is 0 Å². The second kappa shape index (κ2) is 5.40. The van der Waals surface area contributed by atoms with Gasteiger partial charge in [-0.1, -0.05) is 12.2 Å². The molecule has 0 aromatic heterocycles. The van der Waals surface area contributed by atoms with E-state index in [4.69, 9.17) is 0 Å². The molecule has 13 heavy (non-hydrogen) atoms. The molecule has 0 aliphatic carbocycles. The fourth-order valence-corrected chi connectivity index (χ4v) is 2.17. The van der Waals surface area contributed by atoms with E-state index in [-0.39, 0.29) is 0 Å². The van der Waals surface area contributed by atoms with E-state index in [2.05, 4.69) is 23.8 Å². The first kappa shape index (κ1) is 10.7. The molecule has 1 N–H and O–H groups in total. The SMILES string of the molecule is C=C(CNC)CC1CCCN(C)C1. The molecule has 1 saturated heterocycles. The highest BCUT2D eigenvalue weighted by Crippen LogP contribution is 2.21. The highest BCUT2D eigenvalue weighted by atomic mass is 15.1. The van der Waals surface area contributed by atoms with Crippen molar-refractivity contribution in [2.75, 3.05) is 33.7 Å². The molecule has 2 heteroatoms. The number of nitrogens with zero attached hydrogens (tertiary/aromatic N) is 1. The van der Waals surface area contributed by atoms with Crippen LogP contribution in [0.5, 0.6) is 0 Å². The van der Waals surface area contributed by atoms with Gasteiger partial charge in [0, 0.05) is 13.1 Å². The molecule has 0 aromatic rings. The third kappa shape index (κ3) is 3.92. The van der Waals surface area contributed by atoms with Crippen molar-refractivity contribution in [3.8, 4) is 0 Å². The fraction of sp³-hybridized carbons (Fsp3) is 0.818. The summed E-state index contributed by atoms with van der Waals surface area (Å²) >= 11 is 0. The third-order valence-corrected chi connectivity index (χ3v) is 2.73. The van der Waals surface area contributed by atoms with Gasteiger partial charge in [0.15, 0.2) is 0 Å². The first-order valence-electron chi connectivity index (χ1n) is 5.22. The Bertz CT molecular complexity index is 165. The van der Waals surface area contributed by atoms with E-state index in [1.807, 2.05) is 7.05 Å². The summed E-state index contributed by atoms with van der Waals surface area (Å²) in [7, 11) is 4.20. The molecule has 76 valence electrons. The van der Waals surface area contributed by atoms with Crippen molar-refractivity contribution >= 4 is 0 Å². The summed E-state index contributed by atoms with van der Waals surface area (Å²) in [5, 5.41) is 3.16. The summed E-state index contributed by atoms with van der Waals surface area (Å²) in [6, 6.07) is 0. The highest BCUT2D eigenvalue weighted by Gasteiger charge is 2.17. The van der Waals surface area contributed by atoms with Crippen molar-refractivity contribution < 1.29 is 0 Å². The van der Waals surface area contributed by atoms with Gasteiger partial charge in [0.2, 0.25) is 0 Å². The molecule has 1 rings (SSSR count). The van der Waals surface area contributed by atoms with Crippen LogP contribution in [-0.4, -0.2) is 38.6 Å². The number of hydrogen-bond acceptors (Lipinski definition) is 2. The van der Waals surface area contributed by atoms with Crippen molar-refractivity contribution in [1.82, 2.24) is 10.2 Å². The lowest BCUT2D eigenvalue weighted by atomic mass is 9.92. The number of rotatable bonds is 4. The van der Waals surface area contributed by atoms with Crippen molar-refractivity contribution in [2.45, 2.75) is 19.3 Å². The Balaban J connectivity index is 2.23. The number of nitrogens with one attached hydrogen (secondary N) is 1. The summed E-state index contributed by atoms with van der Waals surface area (Å²) in [6.45, 7) is 7.58. The van der Waals surface area contributed by atoms with E-state index in [1.54, 1.807) is 0 Å². The Morgan fingerprint density at radius 2 is 2.38 bits per heavy atom. The van der Waals surface area contributed by atoms with Gasteiger partial charge < -0.3 is 10.2 Å². The quantitative estimate of drug-likeness (QED) is 0.663. The Morgan fingerprint density at radius 1 is 1.62 bits per heavy atom. The molecule has 0 aromatic carbocycles. The normalized spacial score (nSPS) is 24.6. The topological polar surface area (TPSA) is 15.3 Å². The molecule has 0 radical (unpaired) electrons. The molecule has 0 spiro atoms. The predicted octanol–water partition coefficient (Wildman–Crippen LogP) is 1.49. The molecule has 0 bridgehead atoms.